The lowest BCUT2D eigenvalue weighted by Gasteiger charge is -2.32. The first kappa shape index (κ1) is 25.2. The number of nitrogens with zero attached hydrogens (tertiary/aromatic N) is 5. The Labute approximate surface area is 220 Å². The number of tetrazole rings is 1. The fourth-order valence-corrected chi connectivity index (χ4v) is 4.76. The van der Waals surface area contributed by atoms with E-state index in [0.29, 0.717) is 22.8 Å². The number of hydrogen-bond acceptors (Lipinski definition) is 7. The van der Waals surface area contributed by atoms with Gasteiger partial charge in [-0.15, -0.1) is 10.2 Å². The number of benzene rings is 2. The van der Waals surface area contributed by atoms with Gasteiger partial charge in [-0.2, -0.15) is 4.80 Å². The van der Waals surface area contributed by atoms with Crippen LogP contribution in [0.15, 0.2) is 65.1 Å². The molecule has 2 aromatic heterocycles. The molecule has 1 aliphatic rings. The van der Waals surface area contributed by atoms with Crippen molar-refractivity contribution in [3.63, 3.8) is 0 Å². The number of aryl methyl sites for hydroxylation is 2. The third kappa shape index (κ3) is 5.59. The first-order chi connectivity index (χ1) is 18.4. The third-order valence-electron chi connectivity index (χ3n) is 6.67. The predicted molar refractivity (Wildman–Crippen MR) is 140 cm³/mol. The van der Waals surface area contributed by atoms with Crippen LogP contribution in [-0.2, 0) is 16.1 Å². The number of carbonyl (C=O) groups is 2. The van der Waals surface area contributed by atoms with E-state index in [-0.39, 0.29) is 30.1 Å². The van der Waals surface area contributed by atoms with Crippen molar-refractivity contribution in [1.82, 2.24) is 25.5 Å². The lowest BCUT2D eigenvalue weighted by Crippen LogP contribution is -2.47. The standard InChI is InChI=1S/C28H30N6O4/c1-18-10-13-20(14-11-18)26(28(37)29-21-6-3-4-7-21)34(22-8-5-9-23(35)16-22)25(36)17-33-31-27(30-32-33)24-15-12-19(2)38-24/h5,8-16,21,26,35H,3-4,6-7,17H2,1-2H3,(H,29,37)/t26-/m0/s1. The molecule has 38 heavy (non-hydrogen) atoms. The zero-order chi connectivity index (χ0) is 26.6. The van der Waals surface area contributed by atoms with Gasteiger partial charge in [0.1, 0.15) is 24.1 Å². The minimum atomic E-state index is -0.971. The maximum atomic E-state index is 13.9. The zero-order valence-corrected chi connectivity index (χ0v) is 21.4. The molecule has 1 fully saturated rings. The SMILES string of the molecule is Cc1ccc([C@@H](C(=O)NC2CCCC2)N(C(=O)Cn2nnc(-c3ccc(C)o3)n2)c2cccc(O)c2)cc1. The van der Waals surface area contributed by atoms with E-state index < -0.39 is 11.9 Å². The molecular weight excluding hydrogens is 484 g/mol. The Bertz CT molecular complexity index is 1420. The van der Waals surface area contributed by atoms with Gasteiger partial charge in [0.05, 0.1) is 0 Å². The van der Waals surface area contributed by atoms with Crippen molar-refractivity contribution in [3.05, 3.63) is 77.6 Å². The van der Waals surface area contributed by atoms with Gasteiger partial charge in [0.15, 0.2) is 5.76 Å². The van der Waals surface area contributed by atoms with Crippen molar-refractivity contribution < 1.29 is 19.1 Å². The number of furan rings is 1. The minimum Gasteiger partial charge on any atom is -0.508 e. The Morgan fingerprint density at radius 1 is 1.11 bits per heavy atom. The number of phenols is 1. The quantitative estimate of drug-likeness (QED) is 0.363. The second-order valence-electron chi connectivity index (χ2n) is 9.64. The van der Waals surface area contributed by atoms with Gasteiger partial charge in [0.2, 0.25) is 11.7 Å². The second kappa shape index (κ2) is 10.9. The molecule has 0 spiro atoms. The van der Waals surface area contributed by atoms with Crippen LogP contribution in [0.1, 0.15) is 48.6 Å². The van der Waals surface area contributed by atoms with Crippen LogP contribution in [0.3, 0.4) is 0 Å². The van der Waals surface area contributed by atoms with Crippen LogP contribution in [0.25, 0.3) is 11.6 Å². The highest BCUT2D eigenvalue weighted by Gasteiger charge is 2.35. The van der Waals surface area contributed by atoms with Gasteiger partial charge in [-0.3, -0.25) is 14.5 Å². The van der Waals surface area contributed by atoms with E-state index in [4.69, 9.17) is 4.42 Å². The molecule has 0 saturated heterocycles. The molecule has 2 N–H and O–H groups in total. The number of amides is 2. The van der Waals surface area contributed by atoms with Gasteiger partial charge in [0.25, 0.3) is 5.91 Å². The number of rotatable bonds is 8. The Morgan fingerprint density at radius 2 is 1.87 bits per heavy atom. The summed E-state index contributed by atoms with van der Waals surface area (Å²) in [5.41, 5.74) is 2.07. The maximum Gasteiger partial charge on any atom is 0.251 e. The van der Waals surface area contributed by atoms with E-state index in [1.165, 1.54) is 21.8 Å². The van der Waals surface area contributed by atoms with Crippen LogP contribution < -0.4 is 10.2 Å². The fourth-order valence-electron chi connectivity index (χ4n) is 4.76. The summed E-state index contributed by atoms with van der Waals surface area (Å²) < 4.78 is 5.56. The number of nitrogens with one attached hydrogen (secondary N) is 1. The first-order valence-electron chi connectivity index (χ1n) is 12.7. The Kier molecular flexibility index (Phi) is 7.21. The molecule has 10 heteroatoms. The van der Waals surface area contributed by atoms with Crippen LogP contribution in [-0.4, -0.2) is 43.2 Å². The molecule has 4 aromatic rings. The number of aromatic nitrogens is 4. The van der Waals surface area contributed by atoms with Crippen molar-refractivity contribution in [2.24, 2.45) is 0 Å². The molecule has 1 atom stereocenters. The van der Waals surface area contributed by atoms with Crippen molar-refractivity contribution >= 4 is 17.5 Å². The summed E-state index contributed by atoms with van der Waals surface area (Å²) in [6.45, 7) is 3.50. The summed E-state index contributed by atoms with van der Waals surface area (Å²) in [6, 6.07) is 16.4. The molecule has 0 radical (unpaired) electrons. The van der Waals surface area contributed by atoms with E-state index >= 15 is 0 Å². The molecule has 0 aliphatic heterocycles. The normalized spacial score (nSPS) is 14.4. The summed E-state index contributed by atoms with van der Waals surface area (Å²) >= 11 is 0. The highest BCUT2D eigenvalue weighted by molar-refractivity contribution is 6.01. The molecule has 1 aliphatic carbocycles. The van der Waals surface area contributed by atoms with Gasteiger partial charge < -0.3 is 14.8 Å². The highest BCUT2D eigenvalue weighted by Crippen LogP contribution is 2.31. The van der Waals surface area contributed by atoms with Gasteiger partial charge in [0, 0.05) is 17.8 Å². The summed E-state index contributed by atoms with van der Waals surface area (Å²) in [5.74, 6) is 0.659. The lowest BCUT2D eigenvalue weighted by molar-refractivity contribution is -0.127. The van der Waals surface area contributed by atoms with Crippen molar-refractivity contribution in [1.29, 1.82) is 0 Å². The van der Waals surface area contributed by atoms with Crippen LogP contribution in [0.2, 0.25) is 0 Å². The van der Waals surface area contributed by atoms with Crippen LogP contribution in [0.4, 0.5) is 5.69 Å². The van der Waals surface area contributed by atoms with Crippen molar-refractivity contribution in [2.45, 2.75) is 58.2 Å². The van der Waals surface area contributed by atoms with Gasteiger partial charge in [-0.25, -0.2) is 0 Å². The maximum absolute atomic E-state index is 13.9. The van der Waals surface area contributed by atoms with Gasteiger partial charge >= 0.3 is 0 Å². The molecule has 196 valence electrons. The molecule has 0 unspecified atom stereocenters. The molecule has 5 rings (SSSR count). The van der Waals surface area contributed by atoms with Gasteiger partial charge in [-0.1, -0.05) is 48.7 Å². The molecule has 10 nitrogen and oxygen atoms in total. The van der Waals surface area contributed by atoms with E-state index in [0.717, 1.165) is 31.2 Å². The van der Waals surface area contributed by atoms with E-state index in [1.54, 1.807) is 24.3 Å². The Hall–Kier alpha value is -4.47. The van der Waals surface area contributed by atoms with Crippen LogP contribution in [0.5, 0.6) is 5.75 Å². The number of hydrogen-bond donors (Lipinski definition) is 2. The lowest BCUT2D eigenvalue weighted by atomic mass is 10.0. The number of carbonyl (C=O) groups excluding carboxylic acids is 2. The number of phenolic OH excluding ortho intramolecular Hbond substituents is 1. The van der Waals surface area contributed by atoms with Gasteiger partial charge in [-0.05, 0) is 61.7 Å². The highest BCUT2D eigenvalue weighted by atomic mass is 16.3. The predicted octanol–water partition coefficient (Wildman–Crippen LogP) is 4.09. The van der Waals surface area contributed by atoms with E-state index in [1.807, 2.05) is 38.1 Å². The molecular formula is C28H30N6O4. The van der Waals surface area contributed by atoms with Crippen LogP contribution >= 0.6 is 0 Å². The Morgan fingerprint density at radius 3 is 2.55 bits per heavy atom. The summed E-state index contributed by atoms with van der Waals surface area (Å²) in [5, 5.41) is 25.7. The third-order valence-corrected chi connectivity index (χ3v) is 6.67. The molecule has 1 saturated carbocycles. The fraction of sp³-hybridized carbons (Fsp3) is 0.321. The topological polar surface area (TPSA) is 126 Å². The van der Waals surface area contributed by atoms with Crippen molar-refractivity contribution in [2.75, 3.05) is 4.90 Å². The average Bonchev–Trinajstić information content (AvgIpc) is 3.66. The smallest absolute Gasteiger partial charge is 0.251 e. The number of anilines is 1. The van der Waals surface area contributed by atoms with E-state index in [9.17, 15) is 14.7 Å². The zero-order valence-electron chi connectivity index (χ0n) is 21.4. The molecule has 2 aromatic carbocycles. The molecule has 2 heterocycles. The average molecular weight is 515 g/mol. The molecule has 0 bridgehead atoms. The Balaban J connectivity index is 1.51. The van der Waals surface area contributed by atoms with E-state index in [2.05, 4.69) is 20.7 Å². The summed E-state index contributed by atoms with van der Waals surface area (Å²) in [4.78, 5) is 30.3. The first-order valence-corrected chi connectivity index (χ1v) is 12.7. The second-order valence-corrected chi connectivity index (χ2v) is 9.64. The van der Waals surface area contributed by atoms with Crippen LogP contribution in [0, 0.1) is 13.8 Å². The summed E-state index contributed by atoms with van der Waals surface area (Å²) in [6.07, 6.45) is 3.93. The minimum absolute atomic E-state index is 0.0199. The largest absolute Gasteiger partial charge is 0.508 e. The van der Waals surface area contributed by atoms with Crippen molar-refractivity contribution in [3.8, 4) is 17.3 Å². The monoisotopic (exact) mass is 514 g/mol. The summed E-state index contributed by atoms with van der Waals surface area (Å²) in [7, 11) is 0. The number of aromatic hydroxyl groups is 1. The molecule has 2 amide bonds.